The summed E-state index contributed by atoms with van der Waals surface area (Å²) in [6.45, 7) is 13.0. The van der Waals surface area contributed by atoms with E-state index in [9.17, 15) is 9.50 Å². The van der Waals surface area contributed by atoms with Crippen molar-refractivity contribution < 1.29 is 13.9 Å². The Hall–Kier alpha value is -4.45. The van der Waals surface area contributed by atoms with Gasteiger partial charge in [0.15, 0.2) is 0 Å². The first-order valence-electron chi connectivity index (χ1n) is 13.6. The number of aromatic hydroxyl groups is 1. The first-order chi connectivity index (χ1) is 19.3. The average Bonchev–Trinajstić information content (AvgIpc) is 2.92. The first-order valence-corrected chi connectivity index (χ1v) is 13.6. The lowest BCUT2D eigenvalue weighted by molar-refractivity contribution is 0.477. The van der Waals surface area contributed by atoms with Crippen LogP contribution in [0, 0.1) is 11.9 Å². The van der Waals surface area contributed by atoms with Gasteiger partial charge < -0.3 is 5.11 Å². The molecule has 208 valence electrons. The van der Waals surface area contributed by atoms with Crippen LogP contribution in [0.5, 0.6) is 5.75 Å². The predicted molar refractivity (Wildman–Crippen MR) is 161 cm³/mol. The summed E-state index contributed by atoms with van der Waals surface area (Å²) in [6.07, 6.45) is 1.54. The highest BCUT2D eigenvalue weighted by Crippen LogP contribution is 2.38. The Morgan fingerprint density at radius 1 is 0.561 bits per heavy atom. The van der Waals surface area contributed by atoms with E-state index in [-0.39, 0.29) is 33.4 Å². The van der Waals surface area contributed by atoms with Crippen LogP contribution >= 0.6 is 0 Å². The second-order valence-corrected chi connectivity index (χ2v) is 12.3. The number of nitrogens with zero attached hydrogens (tertiary/aromatic N) is 3. The van der Waals surface area contributed by atoms with Crippen molar-refractivity contribution in [3.8, 4) is 50.6 Å². The molecule has 3 aromatic heterocycles. The monoisotopic (exact) mass is 549 g/mol. The molecule has 0 atom stereocenters. The first kappa shape index (κ1) is 28.1. The summed E-state index contributed by atoms with van der Waals surface area (Å²) in [5.41, 5.74) is 5.48. The molecule has 0 radical (unpaired) electrons. The van der Waals surface area contributed by atoms with E-state index in [1.54, 1.807) is 54.7 Å². The molecule has 3 heterocycles. The number of aromatic nitrogens is 3. The van der Waals surface area contributed by atoms with Crippen molar-refractivity contribution in [2.24, 2.45) is 0 Å². The van der Waals surface area contributed by atoms with E-state index in [2.05, 4.69) is 69.7 Å². The van der Waals surface area contributed by atoms with Crippen molar-refractivity contribution in [3.05, 3.63) is 108 Å². The van der Waals surface area contributed by atoms with Gasteiger partial charge in [-0.3, -0.25) is 4.98 Å². The fraction of sp³-hybridized carbons (Fsp3) is 0.229. The van der Waals surface area contributed by atoms with Gasteiger partial charge in [0.1, 0.15) is 5.75 Å². The second-order valence-electron chi connectivity index (χ2n) is 12.3. The van der Waals surface area contributed by atoms with Gasteiger partial charge in [0, 0.05) is 11.8 Å². The van der Waals surface area contributed by atoms with Crippen LogP contribution in [0.25, 0.3) is 44.9 Å². The number of hydrogen-bond donors (Lipinski definition) is 1. The van der Waals surface area contributed by atoms with Crippen molar-refractivity contribution in [3.63, 3.8) is 0 Å². The van der Waals surface area contributed by atoms with Gasteiger partial charge in [0.05, 0.1) is 28.2 Å². The van der Waals surface area contributed by atoms with Gasteiger partial charge in [-0.05, 0) is 75.5 Å². The fourth-order valence-corrected chi connectivity index (χ4v) is 4.68. The largest absolute Gasteiger partial charge is 0.507 e. The van der Waals surface area contributed by atoms with Crippen LogP contribution in [0.4, 0.5) is 8.78 Å². The maximum Gasteiger partial charge on any atom is 0.225 e. The molecular formula is C35H33F2N3O. The van der Waals surface area contributed by atoms with Gasteiger partial charge in [-0.15, -0.1) is 0 Å². The van der Waals surface area contributed by atoms with Gasteiger partial charge in [-0.1, -0.05) is 77.9 Å². The Labute approximate surface area is 239 Å². The molecule has 2 aromatic carbocycles. The third kappa shape index (κ3) is 5.87. The van der Waals surface area contributed by atoms with E-state index in [1.165, 1.54) is 6.07 Å². The van der Waals surface area contributed by atoms with Crippen LogP contribution in [0.15, 0.2) is 85.1 Å². The van der Waals surface area contributed by atoms with Gasteiger partial charge in [0.2, 0.25) is 11.9 Å². The zero-order chi connectivity index (χ0) is 29.5. The highest BCUT2D eigenvalue weighted by Gasteiger charge is 2.23. The number of benzene rings is 2. The minimum Gasteiger partial charge on any atom is -0.507 e. The lowest BCUT2D eigenvalue weighted by atomic mass is 9.79. The van der Waals surface area contributed by atoms with Gasteiger partial charge in [0.25, 0.3) is 0 Å². The smallest absolute Gasteiger partial charge is 0.225 e. The lowest BCUT2D eigenvalue weighted by Gasteiger charge is -2.26. The van der Waals surface area contributed by atoms with Gasteiger partial charge in [-0.25, -0.2) is 4.98 Å². The number of hydrogen-bond acceptors (Lipinski definition) is 4. The Morgan fingerprint density at radius 2 is 1.10 bits per heavy atom. The average molecular weight is 550 g/mol. The molecule has 41 heavy (non-hydrogen) atoms. The molecule has 0 unspecified atom stereocenters. The lowest BCUT2D eigenvalue weighted by Crippen LogP contribution is -2.16. The summed E-state index contributed by atoms with van der Waals surface area (Å²) in [4.78, 5) is 12.5. The Morgan fingerprint density at radius 3 is 1.66 bits per heavy atom. The van der Waals surface area contributed by atoms with Crippen LogP contribution in [0.3, 0.4) is 0 Å². The number of phenols is 1. The standard InChI is InChI=1S/C35H33F2N3O/c1-34(2,3)23-15-21(16-24(19-23)35(4,5)6)22-17-29(25-11-7-8-13-31(25)41)39-30(18-22)27-20-26(32(36)40-33(27)37)28-12-9-10-14-38-28/h7-20,41H,1-6H3. The number of pyridine rings is 3. The highest BCUT2D eigenvalue weighted by molar-refractivity contribution is 5.80. The minimum absolute atomic E-state index is 0.0357. The Kier molecular flexibility index (Phi) is 7.20. The molecular weight excluding hydrogens is 516 g/mol. The molecule has 6 heteroatoms. The summed E-state index contributed by atoms with van der Waals surface area (Å²) in [7, 11) is 0. The maximum atomic E-state index is 15.4. The number of halogens is 2. The molecule has 0 aliphatic heterocycles. The Balaban J connectivity index is 1.80. The molecule has 0 aliphatic rings. The summed E-state index contributed by atoms with van der Waals surface area (Å²) >= 11 is 0. The molecule has 0 aliphatic carbocycles. The summed E-state index contributed by atoms with van der Waals surface area (Å²) < 4.78 is 30.2. The topological polar surface area (TPSA) is 58.9 Å². The molecule has 1 N–H and O–H groups in total. The maximum absolute atomic E-state index is 15.4. The van der Waals surface area contributed by atoms with Crippen molar-refractivity contribution in [1.82, 2.24) is 15.0 Å². The van der Waals surface area contributed by atoms with Crippen LogP contribution in [0.2, 0.25) is 0 Å². The minimum atomic E-state index is -0.978. The molecule has 0 bridgehead atoms. The van der Waals surface area contributed by atoms with Crippen LogP contribution < -0.4 is 0 Å². The summed E-state index contributed by atoms with van der Waals surface area (Å²) in [6, 6.07) is 23.6. The quantitative estimate of drug-likeness (QED) is 0.227. The molecule has 5 rings (SSSR count). The Bertz CT molecular complexity index is 1700. The highest BCUT2D eigenvalue weighted by atomic mass is 19.1. The predicted octanol–water partition coefficient (Wildman–Crippen LogP) is 9.12. The second kappa shape index (κ2) is 10.5. The van der Waals surface area contributed by atoms with E-state index < -0.39 is 11.9 Å². The molecule has 4 nitrogen and oxygen atoms in total. The number of phenolic OH excluding ortho intramolecular Hbond substituents is 1. The molecule has 0 amide bonds. The third-order valence-corrected chi connectivity index (χ3v) is 7.15. The van der Waals surface area contributed by atoms with Crippen molar-refractivity contribution in [1.29, 1.82) is 0 Å². The number of para-hydroxylation sites is 1. The molecule has 0 fully saturated rings. The third-order valence-electron chi connectivity index (χ3n) is 7.15. The molecule has 0 spiro atoms. The number of rotatable bonds is 4. The van der Waals surface area contributed by atoms with E-state index in [4.69, 9.17) is 4.98 Å². The van der Waals surface area contributed by atoms with Crippen LogP contribution in [0.1, 0.15) is 52.7 Å². The van der Waals surface area contributed by atoms with E-state index >= 15 is 4.39 Å². The van der Waals surface area contributed by atoms with Gasteiger partial charge >= 0.3 is 0 Å². The molecule has 5 aromatic rings. The zero-order valence-corrected chi connectivity index (χ0v) is 24.1. The molecule has 0 saturated carbocycles. The summed E-state index contributed by atoms with van der Waals surface area (Å²) in [5.74, 6) is -1.88. The summed E-state index contributed by atoms with van der Waals surface area (Å²) in [5, 5.41) is 10.7. The SMILES string of the molecule is CC(C)(C)c1cc(-c2cc(-c3ccccc3O)nc(-c3cc(-c4ccccn4)c(F)nc3F)c2)cc(C(C)(C)C)c1. The fourth-order valence-electron chi connectivity index (χ4n) is 4.68. The van der Waals surface area contributed by atoms with E-state index in [0.717, 1.165) is 22.3 Å². The molecule has 0 saturated heterocycles. The van der Waals surface area contributed by atoms with E-state index in [1.807, 2.05) is 6.07 Å². The zero-order valence-electron chi connectivity index (χ0n) is 24.1. The van der Waals surface area contributed by atoms with Crippen LogP contribution in [-0.4, -0.2) is 20.1 Å². The van der Waals surface area contributed by atoms with Gasteiger partial charge in [-0.2, -0.15) is 13.8 Å². The van der Waals surface area contributed by atoms with Crippen molar-refractivity contribution in [2.75, 3.05) is 0 Å². The van der Waals surface area contributed by atoms with Crippen molar-refractivity contribution >= 4 is 0 Å². The van der Waals surface area contributed by atoms with Crippen molar-refractivity contribution in [2.45, 2.75) is 52.4 Å². The van der Waals surface area contributed by atoms with Crippen LogP contribution in [-0.2, 0) is 10.8 Å². The normalized spacial score (nSPS) is 12.0. The van der Waals surface area contributed by atoms with E-state index in [0.29, 0.717) is 17.0 Å².